The van der Waals surface area contributed by atoms with Crippen LogP contribution < -0.4 is 20.3 Å². The van der Waals surface area contributed by atoms with Gasteiger partial charge in [-0.25, -0.2) is 0 Å². The van der Waals surface area contributed by atoms with Gasteiger partial charge in [-0.3, -0.25) is 10.1 Å². The first-order valence-corrected chi connectivity index (χ1v) is 10.7. The van der Waals surface area contributed by atoms with Crippen LogP contribution in [0.1, 0.15) is 24.2 Å². The van der Waals surface area contributed by atoms with E-state index in [1.54, 1.807) is 24.3 Å². The van der Waals surface area contributed by atoms with Crippen molar-refractivity contribution in [3.63, 3.8) is 0 Å². The SMILES string of the molecule is CC(C)Oc1ccc(C(=O)NC(=S)Nc2cccc(Cl)c2N2CCN(C)CC2)cc1. The number of nitrogens with one attached hydrogen (secondary N) is 2. The molecule has 0 atom stereocenters. The number of carbonyl (C=O) groups excluding carboxylic acids is 1. The first kappa shape index (κ1) is 22.3. The van der Waals surface area contributed by atoms with Gasteiger partial charge in [0.25, 0.3) is 5.91 Å². The Labute approximate surface area is 188 Å². The van der Waals surface area contributed by atoms with Crippen molar-refractivity contribution in [3.05, 3.63) is 53.1 Å². The molecule has 1 heterocycles. The lowest BCUT2D eigenvalue weighted by Gasteiger charge is -2.35. The second kappa shape index (κ2) is 10.1. The Bertz CT molecular complexity index is 897. The van der Waals surface area contributed by atoms with Crippen molar-refractivity contribution in [1.82, 2.24) is 10.2 Å². The van der Waals surface area contributed by atoms with Gasteiger partial charge in [0.15, 0.2) is 5.11 Å². The monoisotopic (exact) mass is 446 g/mol. The van der Waals surface area contributed by atoms with Crippen molar-refractivity contribution in [2.75, 3.05) is 43.4 Å². The van der Waals surface area contributed by atoms with E-state index >= 15 is 0 Å². The van der Waals surface area contributed by atoms with Gasteiger partial charge in [-0.2, -0.15) is 0 Å². The Kier molecular flexibility index (Phi) is 7.53. The van der Waals surface area contributed by atoms with E-state index in [9.17, 15) is 4.79 Å². The molecule has 1 fully saturated rings. The minimum absolute atomic E-state index is 0.0775. The molecule has 0 aromatic heterocycles. The summed E-state index contributed by atoms with van der Waals surface area (Å²) in [4.78, 5) is 17.1. The van der Waals surface area contributed by atoms with Crippen LogP contribution in [0.2, 0.25) is 5.02 Å². The number of ether oxygens (including phenoxy) is 1. The highest BCUT2D eigenvalue weighted by Gasteiger charge is 2.20. The van der Waals surface area contributed by atoms with Crippen LogP contribution in [-0.4, -0.2) is 55.3 Å². The zero-order valence-corrected chi connectivity index (χ0v) is 19.0. The fourth-order valence-electron chi connectivity index (χ4n) is 3.25. The van der Waals surface area contributed by atoms with E-state index in [0.717, 1.165) is 43.3 Å². The molecule has 1 saturated heterocycles. The van der Waals surface area contributed by atoms with E-state index in [2.05, 4.69) is 27.5 Å². The van der Waals surface area contributed by atoms with Crippen LogP contribution in [0.15, 0.2) is 42.5 Å². The van der Waals surface area contributed by atoms with Gasteiger partial charge in [-0.15, -0.1) is 0 Å². The molecule has 2 N–H and O–H groups in total. The minimum atomic E-state index is -0.285. The van der Waals surface area contributed by atoms with Crippen LogP contribution in [-0.2, 0) is 0 Å². The molecular formula is C22H27ClN4O2S. The van der Waals surface area contributed by atoms with Gasteiger partial charge in [0.05, 0.1) is 22.5 Å². The van der Waals surface area contributed by atoms with E-state index < -0.39 is 0 Å². The molecule has 1 amide bonds. The lowest BCUT2D eigenvalue weighted by molar-refractivity contribution is 0.0977. The normalized spacial score (nSPS) is 14.5. The number of halogens is 1. The summed E-state index contributed by atoms with van der Waals surface area (Å²) >= 11 is 11.9. The topological polar surface area (TPSA) is 56.8 Å². The molecule has 0 aliphatic carbocycles. The zero-order chi connectivity index (χ0) is 21.7. The number of hydrogen-bond donors (Lipinski definition) is 2. The zero-order valence-electron chi connectivity index (χ0n) is 17.4. The van der Waals surface area contributed by atoms with E-state index in [0.29, 0.717) is 10.6 Å². The van der Waals surface area contributed by atoms with E-state index in [4.69, 9.17) is 28.6 Å². The number of hydrogen-bond acceptors (Lipinski definition) is 5. The molecule has 0 saturated carbocycles. The predicted octanol–water partition coefficient (Wildman–Crippen LogP) is 4.01. The predicted molar refractivity (Wildman–Crippen MR) is 127 cm³/mol. The second-order valence-electron chi connectivity index (χ2n) is 7.53. The molecular weight excluding hydrogens is 420 g/mol. The van der Waals surface area contributed by atoms with Gasteiger partial charge < -0.3 is 19.9 Å². The summed E-state index contributed by atoms with van der Waals surface area (Å²) in [5.74, 6) is 0.435. The number of para-hydroxylation sites is 1. The Balaban J connectivity index is 1.66. The molecule has 1 aliphatic heterocycles. The van der Waals surface area contributed by atoms with Gasteiger partial charge >= 0.3 is 0 Å². The maximum Gasteiger partial charge on any atom is 0.257 e. The third-order valence-corrected chi connectivity index (χ3v) is 5.28. The molecule has 0 unspecified atom stereocenters. The number of nitrogens with zero attached hydrogens (tertiary/aromatic N) is 2. The molecule has 3 rings (SSSR count). The summed E-state index contributed by atoms with van der Waals surface area (Å²) in [6.45, 7) is 7.58. The number of carbonyl (C=O) groups is 1. The maximum atomic E-state index is 12.5. The molecule has 0 radical (unpaired) electrons. The Morgan fingerprint density at radius 2 is 1.77 bits per heavy atom. The summed E-state index contributed by atoms with van der Waals surface area (Å²) < 4.78 is 5.61. The van der Waals surface area contributed by atoms with Gasteiger partial charge in [-0.1, -0.05) is 17.7 Å². The van der Waals surface area contributed by atoms with Crippen LogP contribution in [0.4, 0.5) is 11.4 Å². The highest BCUT2D eigenvalue weighted by molar-refractivity contribution is 7.80. The number of likely N-dealkylation sites (N-methyl/N-ethyl adjacent to an activating group) is 1. The molecule has 0 bridgehead atoms. The number of rotatable bonds is 5. The van der Waals surface area contributed by atoms with E-state index in [1.165, 1.54) is 0 Å². The van der Waals surface area contributed by atoms with Crippen LogP contribution >= 0.6 is 23.8 Å². The third-order valence-electron chi connectivity index (χ3n) is 4.77. The summed E-state index contributed by atoms with van der Waals surface area (Å²) in [6, 6.07) is 12.6. The number of thiocarbonyl (C=S) groups is 1. The fourth-order valence-corrected chi connectivity index (χ4v) is 3.75. The van der Waals surface area contributed by atoms with Gasteiger partial charge in [0, 0.05) is 31.7 Å². The standard InChI is InChI=1S/C22H27ClN4O2S/c1-15(2)29-17-9-7-16(8-10-17)21(28)25-22(30)24-19-6-4-5-18(23)20(19)27-13-11-26(3)12-14-27/h4-10,15H,11-14H2,1-3H3,(H2,24,25,28,30). The van der Waals surface area contributed by atoms with Crippen molar-refractivity contribution >= 4 is 46.2 Å². The van der Waals surface area contributed by atoms with Crippen LogP contribution in [0.3, 0.4) is 0 Å². The van der Waals surface area contributed by atoms with Gasteiger partial charge in [0.1, 0.15) is 5.75 Å². The summed E-state index contributed by atoms with van der Waals surface area (Å²) in [5, 5.41) is 6.74. The lowest BCUT2D eigenvalue weighted by Crippen LogP contribution is -2.45. The summed E-state index contributed by atoms with van der Waals surface area (Å²) in [7, 11) is 2.11. The average molecular weight is 447 g/mol. The molecule has 2 aromatic carbocycles. The third kappa shape index (κ3) is 5.84. The van der Waals surface area contributed by atoms with Crippen molar-refractivity contribution in [1.29, 1.82) is 0 Å². The molecule has 160 valence electrons. The van der Waals surface area contributed by atoms with Gasteiger partial charge in [-0.05, 0) is 69.5 Å². The summed E-state index contributed by atoms with van der Waals surface area (Å²) in [6.07, 6.45) is 0.0775. The number of piperazine rings is 1. The Morgan fingerprint density at radius 3 is 2.40 bits per heavy atom. The molecule has 30 heavy (non-hydrogen) atoms. The largest absolute Gasteiger partial charge is 0.491 e. The van der Waals surface area contributed by atoms with Crippen molar-refractivity contribution in [2.45, 2.75) is 20.0 Å². The minimum Gasteiger partial charge on any atom is -0.491 e. The van der Waals surface area contributed by atoms with Crippen LogP contribution in [0, 0.1) is 0 Å². The molecule has 1 aliphatic rings. The lowest BCUT2D eigenvalue weighted by atomic mass is 10.2. The number of anilines is 2. The van der Waals surface area contributed by atoms with E-state index in [-0.39, 0.29) is 17.1 Å². The molecule has 2 aromatic rings. The second-order valence-corrected chi connectivity index (χ2v) is 8.34. The van der Waals surface area contributed by atoms with Gasteiger partial charge in [0.2, 0.25) is 0 Å². The highest BCUT2D eigenvalue weighted by Crippen LogP contribution is 2.34. The molecule has 6 nitrogen and oxygen atoms in total. The quantitative estimate of drug-likeness (QED) is 0.677. The molecule has 8 heteroatoms. The van der Waals surface area contributed by atoms with Crippen molar-refractivity contribution in [3.8, 4) is 5.75 Å². The van der Waals surface area contributed by atoms with Crippen LogP contribution in [0.25, 0.3) is 0 Å². The average Bonchev–Trinajstić information content (AvgIpc) is 2.69. The highest BCUT2D eigenvalue weighted by atomic mass is 35.5. The smallest absolute Gasteiger partial charge is 0.257 e. The first-order valence-electron chi connectivity index (χ1n) is 9.94. The molecule has 0 spiro atoms. The number of benzene rings is 2. The first-order chi connectivity index (χ1) is 14.3. The maximum absolute atomic E-state index is 12.5. The van der Waals surface area contributed by atoms with Crippen molar-refractivity contribution in [2.24, 2.45) is 0 Å². The Hall–Kier alpha value is -2.35. The summed E-state index contributed by atoms with van der Waals surface area (Å²) in [5.41, 5.74) is 2.18. The van der Waals surface area contributed by atoms with Crippen molar-refractivity contribution < 1.29 is 9.53 Å². The van der Waals surface area contributed by atoms with E-state index in [1.807, 2.05) is 32.0 Å². The number of amides is 1. The fraction of sp³-hybridized carbons (Fsp3) is 0.364. The van der Waals surface area contributed by atoms with Crippen LogP contribution in [0.5, 0.6) is 5.75 Å². The Morgan fingerprint density at radius 1 is 1.10 bits per heavy atom.